The highest BCUT2D eigenvalue weighted by molar-refractivity contribution is 5.87. The minimum absolute atomic E-state index is 0.145. The predicted molar refractivity (Wildman–Crippen MR) is 61.6 cm³/mol. The Kier molecular flexibility index (Phi) is 3.31. The zero-order chi connectivity index (χ0) is 13.2. The number of aromatic nitrogens is 3. The van der Waals surface area contributed by atoms with Crippen molar-refractivity contribution < 1.29 is 14.7 Å². The van der Waals surface area contributed by atoms with Gasteiger partial charge >= 0.3 is 5.97 Å². The second kappa shape index (κ2) is 4.75. The number of aliphatic carboxylic acids is 1. The van der Waals surface area contributed by atoms with Gasteiger partial charge in [-0.3, -0.25) is 9.48 Å². The van der Waals surface area contributed by atoms with Crippen molar-refractivity contribution >= 4 is 11.9 Å². The van der Waals surface area contributed by atoms with E-state index in [-0.39, 0.29) is 12.3 Å². The molecule has 1 N–H and O–H groups in total. The Balaban J connectivity index is 1.98. The van der Waals surface area contributed by atoms with E-state index in [1.807, 2.05) is 0 Å². The molecule has 7 nitrogen and oxygen atoms in total. The third kappa shape index (κ3) is 2.20. The van der Waals surface area contributed by atoms with Gasteiger partial charge in [-0.2, -0.15) is 5.10 Å². The second-order valence-corrected chi connectivity index (χ2v) is 4.64. The van der Waals surface area contributed by atoms with Gasteiger partial charge in [0, 0.05) is 13.0 Å². The molecule has 0 bridgehead atoms. The molecule has 1 saturated heterocycles. The van der Waals surface area contributed by atoms with E-state index in [1.165, 1.54) is 17.6 Å². The first-order chi connectivity index (χ1) is 8.54. The number of rotatable bonds is 4. The number of hydrogen-bond acceptors (Lipinski definition) is 4. The number of carbonyl (C=O) groups is 2. The van der Waals surface area contributed by atoms with Crippen LogP contribution in [-0.2, 0) is 16.1 Å². The number of aryl methyl sites for hydroxylation is 1. The highest BCUT2D eigenvalue weighted by Gasteiger charge is 2.45. The fraction of sp³-hybridized carbons (Fsp3) is 0.636. The van der Waals surface area contributed by atoms with Crippen LogP contribution in [0.3, 0.4) is 0 Å². The maximum Gasteiger partial charge on any atom is 0.329 e. The summed E-state index contributed by atoms with van der Waals surface area (Å²) in [4.78, 5) is 28.6. The van der Waals surface area contributed by atoms with Crippen LogP contribution in [0.2, 0.25) is 0 Å². The Morgan fingerprint density at radius 1 is 1.50 bits per heavy atom. The molecule has 18 heavy (non-hydrogen) atoms. The monoisotopic (exact) mass is 252 g/mol. The standard InChI is InChI=1S/C11H16N4O3/c1-11(10(17)18)4-2-5-15(11)9(16)3-6-14-8-12-7-13-14/h7-8H,2-6H2,1H3,(H,17,18). The molecule has 1 unspecified atom stereocenters. The summed E-state index contributed by atoms with van der Waals surface area (Å²) in [5.41, 5.74) is -1.06. The van der Waals surface area contributed by atoms with Gasteiger partial charge in [-0.05, 0) is 19.8 Å². The Hall–Kier alpha value is -1.92. The van der Waals surface area contributed by atoms with Crippen molar-refractivity contribution in [3.63, 3.8) is 0 Å². The number of hydrogen-bond donors (Lipinski definition) is 1. The zero-order valence-corrected chi connectivity index (χ0v) is 10.2. The maximum absolute atomic E-state index is 12.1. The van der Waals surface area contributed by atoms with E-state index in [1.54, 1.807) is 11.6 Å². The van der Waals surface area contributed by atoms with Gasteiger partial charge in [0.15, 0.2) is 0 Å². The number of carbonyl (C=O) groups excluding carboxylic acids is 1. The van der Waals surface area contributed by atoms with Crippen LogP contribution in [0.1, 0.15) is 26.2 Å². The molecule has 1 atom stereocenters. The highest BCUT2D eigenvalue weighted by Crippen LogP contribution is 2.29. The molecule has 2 heterocycles. The Labute approximate surface area is 104 Å². The molecular formula is C11H16N4O3. The molecule has 0 aliphatic carbocycles. The third-order valence-electron chi connectivity index (χ3n) is 3.42. The fourth-order valence-electron chi connectivity index (χ4n) is 2.28. The van der Waals surface area contributed by atoms with Gasteiger partial charge in [0.05, 0.1) is 6.54 Å². The first-order valence-electron chi connectivity index (χ1n) is 5.90. The molecule has 1 amide bonds. The molecule has 98 valence electrons. The van der Waals surface area contributed by atoms with E-state index in [4.69, 9.17) is 0 Å². The Bertz CT molecular complexity index is 445. The van der Waals surface area contributed by atoms with E-state index in [0.717, 1.165) is 6.42 Å². The number of likely N-dealkylation sites (tertiary alicyclic amines) is 1. The average molecular weight is 252 g/mol. The molecule has 0 aromatic carbocycles. The second-order valence-electron chi connectivity index (χ2n) is 4.64. The van der Waals surface area contributed by atoms with Crippen molar-refractivity contribution in [1.29, 1.82) is 0 Å². The van der Waals surface area contributed by atoms with Crippen molar-refractivity contribution in [3.05, 3.63) is 12.7 Å². The first kappa shape index (κ1) is 12.5. The van der Waals surface area contributed by atoms with Crippen LogP contribution in [0.4, 0.5) is 0 Å². The molecule has 0 spiro atoms. The van der Waals surface area contributed by atoms with Crippen molar-refractivity contribution in [2.75, 3.05) is 6.54 Å². The maximum atomic E-state index is 12.1. The minimum atomic E-state index is -1.06. The SMILES string of the molecule is CC1(C(=O)O)CCCN1C(=O)CCn1cncn1. The predicted octanol–water partition coefficient (Wildman–Crippen LogP) is 0.134. The average Bonchev–Trinajstić information content (AvgIpc) is 2.95. The normalized spacial score (nSPS) is 23.3. The number of amides is 1. The van der Waals surface area contributed by atoms with Gasteiger partial charge in [0.25, 0.3) is 0 Å². The molecule has 7 heteroatoms. The van der Waals surface area contributed by atoms with Crippen molar-refractivity contribution in [2.24, 2.45) is 0 Å². The van der Waals surface area contributed by atoms with Gasteiger partial charge < -0.3 is 10.0 Å². The topological polar surface area (TPSA) is 88.3 Å². The van der Waals surface area contributed by atoms with Crippen molar-refractivity contribution in [1.82, 2.24) is 19.7 Å². The molecule has 0 radical (unpaired) electrons. The van der Waals surface area contributed by atoms with Crippen LogP contribution in [0.25, 0.3) is 0 Å². The highest BCUT2D eigenvalue weighted by atomic mass is 16.4. The summed E-state index contributed by atoms with van der Waals surface area (Å²) in [5.74, 6) is -1.08. The first-order valence-corrected chi connectivity index (χ1v) is 5.90. The lowest BCUT2D eigenvalue weighted by Crippen LogP contribution is -2.50. The third-order valence-corrected chi connectivity index (χ3v) is 3.42. The molecule has 1 aliphatic heterocycles. The van der Waals surface area contributed by atoms with Gasteiger partial charge in [-0.25, -0.2) is 9.78 Å². The number of carboxylic acids is 1. The van der Waals surface area contributed by atoms with Crippen LogP contribution >= 0.6 is 0 Å². The largest absolute Gasteiger partial charge is 0.480 e. The Morgan fingerprint density at radius 2 is 2.28 bits per heavy atom. The van der Waals surface area contributed by atoms with Gasteiger partial charge in [0.1, 0.15) is 18.2 Å². The summed E-state index contributed by atoms with van der Waals surface area (Å²) in [6.07, 6.45) is 4.43. The summed E-state index contributed by atoms with van der Waals surface area (Å²) in [6.45, 7) is 2.54. The van der Waals surface area contributed by atoms with Crippen LogP contribution in [-0.4, -0.2) is 48.7 Å². The van der Waals surface area contributed by atoms with Crippen LogP contribution in [0.15, 0.2) is 12.7 Å². The molecule has 1 fully saturated rings. The van der Waals surface area contributed by atoms with Crippen molar-refractivity contribution in [2.45, 2.75) is 38.3 Å². The quantitative estimate of drug-likeness (QED) is 0.823. The van der Waals surface area contributed by atoms with E-state index < -0.39 is 11.5 Å². The van der Waals surface area contributed by atoms with Gasteiger partial charge in [-0.15, -0.1) is 0 Å². The molecular weight excluding hydrogens is 236 g/mol. The zero-order valence-electron chi connectivity index (χ0n) is 10.2. The van der Waals surface area contributed by atoms with Crippen LogP contribution < -0.4 is 0 Å². The molecule has 0 saturated carbocycles. The number of nitrogens with zero attached hydrogens (tertiary/aromatic N) is 4. The van der Waals surface area contributed by atoms with Crippen molar-refractivity contribution in [3.8, 4) is 0 Å². The van der Waals surface area contributed by atoms with E-state index in [2.05, 4.69) is 10.1 Å². The van der Waals surface area contributed by atoms with Gasteiger partial charge in [-0.1, -0.05) is 0 Å². The van der Waals surface area contributed by atoms with E-state index in [0.29, 0.717) is 19.5 Å². The van der Waals surface area contributed by atoms with Gasteiger partial charge in [0.2, 0.25) is 5.91 Å². The lowest BCUT2D eigenvalue weighted by atomic mass is 9.99. The molecule has 1 aromatic rings. The summed E-state index contributed by atoms with van der Waals surface area (Å²) in [5, 5.41) is 13.1. The van der Waals surface area contributed by atoms with Crippen LogP contribution in [0, 0.1) is 0 Å². The summed E-state index contributed by atoms with van der Waals surface area (Å²) in [7, 11) is 0. The molecule has 1 aliphatic rings. The fourth-order valence-corrected chi connectivity index (χ4v) is 2.28. The van der Waals surface area contributed by atoms with Crippen LogP contribution in [0.5, 0.6) is 0 Å². The Morgan fingerprint density at radius 3 is 2.89 bits per heavy atom. The van der Waals surface area contributed by atoms with E-state index >= 15 is 0 Å². The lowest BCUT2D eigenvalue weighted by Gasteiger charge is -2.31. The molecule has 2 rings (SSSR count). The summed E-state index contributed by atoms with van der Waals surface area (Å²) < 4.78 is 1.56. The summed E-state index contributed by atoms with van der Waals surface area (Å²) in [6, 6.07) is 0. The lowest BCUT2D eigenvalue weighted by molar-refractivity contribution is -0.155. The summed E-state index contributed by atoms with van der Waals surface area (Å²) >= 11 is 0. The number of carboxylic acid groups (broad SMARTS) is 1. The smallest absolute Gasteiger partial charge is 0.329 e. The molecule has 1 aromatic heterocycles. The van der Waals surface area contributed by atoms with E-state index in [9.17, 15) is 14.7 Å². The minimum Gasteiger partial charge on any atom is -0.480 e.